The number of hydrogen-bond donors (Lipinski definition) is 0. The summed E-state index contributed by atoms with van der Waals surface area (Å²) in [7, 11) is 1.94. The molecule has 0 aliphatic carbocycles. The molecule has 2 fully saturated rings. The largest absolute Gasteiger partial charge is 0.473 e. The van der Waals surface area contributed by atoms with E-state index in [0.29, 0.717) is 36.8 Å². The summed E-state index contributed by atoms with van der Waals surface area (Å²) in [5.74, 6) is 3.30. The smallest absolute Gasteiger partial charge is 0.410 e. The molecule has 2 saturated heterocycles. The van der Waals surface area contributed by atoms with E-state index in [1.54, 1.807) is 0 Å². The van der Waals surface area contributed by atoms with Crippen LogP contribution in [0.3, 0.4) is 0 Å². The first kappa shape index (κ1) is 35.3. The first-order valence-corrected chi connectivity index (χ1v) is 18.6. The molecule has 0 saturated carbocycles. The van der Waals surface area contributed by atoms with Crippen LogP contribution in [0.25, 0.3) is 22.3 Å². The van der Waals surface area contributed by atoms with Gasteiger partial charge in [-0.2, -0.15) is 10.1 Å². The first-order valence-electron chi connectivity index (χ1n) is 18.6. The summed E-state index contributed by atoms with van der Waals surface area (Å²) < 4.78 is 19.9. The minimum Gasteiger partial charge on any atom is -0.473 e. The zero-order chi connectivity index (χ0) is 36.1. The molecule has 5 heterocycles. The van der Waals surface area contributed by atoms with Gasteiger partial charge in [0.1, 0.15) is 30.3 Å². The van der Waals surface area contributed by atoms with E-state index in [-0.39, 0.29) is 6.09 Å². The third kappa shape index (κ3) is 8.66. The second-order valence-corrected chi connectivity index (χ2v) is 15.1. The van der Waals surface area contributed by atoms with Crippen molar-refractivity contribution in [3.05, 3.63) is 96.1 Å². The Morgan fingerprint density at radius 2 is 1.37 bits per heavy atom. The van der Waals surface area contributed by atoms with Crippen molar-refractivity contribution in [2.24, 2.45) is 18.9 Å². The molecule has 2 aromatic carbocycles. The van der Waals surface area contributed by atoms with Crippen LogP contribution in [0.2, 0.25) is 0 Å². The molecule has 2 aliphatic heterocycles. The van der Waals surface area contributed by atoms with Crippen LogP contribution in [0.1, 0.15) is 64.0 Å². The van der Waals surface area contributed by atoms with Crippen LogP contribution in [-0.2, 0) is 25.0 Å². The van der Waals surface area contributed by atoms with Gasteiger partial charge < -0.3 is 24.0 Å². The second-order valence-electron chi connectivity index (χ2n) is 15.1. The van der Waals surface area contributed by atoms with Gasteiger partial charge >= 0.3 is 6.09 Å². The lowest BCUT2D eigenvalue weighted by Crippen LogP contribution is -2.42. The molecule has 5 aromatic rings. The highest BCUT2D eigenvalue weighted by Crippen LogP contribution is 2.37. The Bertz CT molecular complexity index is 1940. The van der Waals surface area contributed by atoms with E-state index >= 15 is 0 Å². The van der Waals surface area contributed by atoms with Crippen molar-refractivity contribution in [2.75, 3.05) is 31.1 Å². The molecule has 10 nitrogen and oxygen atoms in total. The Kier molecular flexibility index (Phi) is 10.6. The van der Waals surface area contributed by atoms with Gasteiger partial charge in [-0.05, 0) is 94.0 Å². The predicted octanol–water partition coefficient (Wildman–Crippen LogP) is 8.44. The number of aromatic nitrogens is 4. The maximum atomic E-state index is 12.5. The van der Waals surface area contributed by atoms with Crippen molar-refractivity contribution in [1.82, 2.24) is 24.6 Å². The maximum absolute atomic E-state index is 12.5. The fourth-order valence-corrected chi connectivity index (χ4v) is 7.29. The molecule has 1 amide bonds. The summed E-state index contributed by atoms with van der Waals surface area (Å²) in [6, 6.07) is 28.3. The number of aryl methyl sites for hydroxylation is 1. The highest BCUT2D eigenvalue weighted by atomic mass is 16.6. The Labute approximate surface area is 306 Å². The van der Waals surface area contributed by atoms with E-state index in [4.69, 9.17) is 29.3 Å². The molecule has 10 heteroatoms. The zero-order valence-electron chi connectivity index (χ0n) is 30.8. The summed E-state index contributed by atoms with van der Waals surface area (Å²) in [4.78, 5) is 26.7. The zero-order valence-corrected chi connectivity index (χ0v) is 30.8. The molecule has 0 bridgehead atoms. The van der Waals surface area contributed by atoms with Crippen LogP contribution in [0, 0.1) is 11.8 Å². The second kappa shape index (κ2) is 15.6. The quantitative estimate of drug-likeness (QED) is 0.143. The number of ether oxygens (including phenoxy) is 3. The number of carbonyl (C=O) groups is 1. The van der Waals surface area contributed by atoms with Crippen LogP contribution in [-0.4, -0.2) is 62.5 Å². The summed E-state index contributed by atoms with van der Waals surface area (Å²) in [5.41, 5.74) is 4.06. The number of hydrogen-bond acceptors (Lipinski definition) is 8. The Balaban J connectivity index is 1.01. The topological polar surface area (TPSA) is 94.8 Å². The van der Waals surface area contributed by atoms with Gasteiger partial charge in [0, 0.05) is 44.7 Å². The lowest BCUT2D eigenvalue weighted by molar-refractivity contribution is 0.0174. The van der Waals surface area contributed by atoms with Gasteiger partial charge in [-0.3, -0.25) is 0 Å². The lowest BCUT2D eigenvalue weighted by Gasteiger charge is -2.37. The number of fused-ring (bicyclic) bond motifs is 1. The van der Waals surface area contributed by atoms with E-state index < -0.39 is 5.60 Å². The van der Waals surface area contributed by atoms with Crippen molar-refractivity contribution in [3.8, 4) is 23.0 Å². The molecule has 272 valence electrons. The highest BCUT2D eigenvalue weighted by Gasteiger charge is 2.30. The molecular weight excluding hydrogens is 652 g/mol. The monoisotopic (exact) mass is 702 g/mol. The fourth-order valence-electron chi connectivity index (χ4n) is 7.29. The van der Waals surface area contributed by atoms with E-state index in [9.17, 15) is 4.79 Å². The number of nitrogens with zero attached hydrogens (tertiary/aromatic N) is 6. The van der Waals surface area contributed by atoms with Crippen LogP contribution in [0.4, 0.5) is 10.6 Å². The van der Waals surface area contributed by atoms with Gasteiger partial charge in [0.05, 0.1) is 5.56 Å². The molecular formula is C42H50N6O4. The van der Waals surface area contributed by atoms with Crippen molar-refractivity contribution in [2.45, 2.75) is 71.7 Å². The maximum Gasteiger partial charge on any atom is 0.410 e. The standard InChI is InChI=1S/C42H50N6O4/c1-42(2,3)52-41(49)48-25-21-31(22-26-48)27-30-19-23-47(24-20-30)36-17-15-34-38(45-46(4)39(34)43-36)35-16-18-37(50-28-32-11-7-5-8-12-32)44-40(35)51-29-33-13-9-6-10-14-33/h5-18,30-31H,19-29H2,1-4H3. The first-order chi connectivity index (χ1) is 25.2. The molecule has 0 spiro atoms. The molecule has 2 aliphatic rings. The highest BCUT2D eigenvalue weighted by molar-refractivity contribution is 5.93. The number of amides is 1. The number of rotatable bonds is 10. The molecule has 7 rings (SSSR count). The van der Waals surface area contributed by atoms with E-state index in [1.807, 2.05) is 110 Å². The van der Waals surface area contributed by atoms with Crippen LogP contribution >= 0.6 is 0 Å². The van der Waals surface area contributed by atoms with Crippen molar-refractivity contribution >= 4 is 22.9 Å². The number of anilines is 1. The molecule has 0 N–H and O–H groups in total. The van der Waals surface area contributed by atoms with Crippen molar-refractivity contribution in [3.63, 3.8) is 0 Å². The summed E-state index contributed by atoms with van der Waals surface area (Å²) in [6.45, 7) is 10.1. The SMILES string of the molecule is Cn1nc(-c2ccc(OCc3ccccc3)nc2OCc2ccccc2)c2ccc(N3CCC(CC4CCN(C(=O)OC(C)(C)C)CC4)CC3)nc21. The Hall–Kier alpha value is -5.12. The average Bonchev–Trinajstić information content (AvgIpc) is 3.49. The van der Waals surface area contributed by atoms with Crippen molar-refractivity contribution in [1.29, 1.82) is 0 Å². The molecule has 0 radical (unpaired) electrons. The molecule has 3 aromatic heterocycles. The number of pyridine rings is 2. The Morgan fingerprint density at radius 3 is 2.00 bits per heavy atom. The van der Waals surface area contributed by atoms with Crippen LogP contribution in [0.15, 0.2) is 84.9 Å². The van der Waals surface area contributed by atoms with Gasteiger partial charge in [0.15, 0.2) is 5.65 Å². The molecule has 52 heavy (non-hydrogen) atoms. The summed E-state index contributed by atoms with van der Waals surface area (Å²) >= 11 is 0. The number of benzene rings is 2. The summed E-state index contributed by atoms with van der Waals surface area (Å²) in [6.07, 6.45) is 5.45. The fraction of sp³-hybridized carbons (Fsp3) is 0.429. The van der Waals surface area contributed by atoms with Gasteiger partial charge in [-0.15, -0.1) is 0 Å². The lowest BCUT2D eigenvalue weighted by atomic mass is 9.83. The third-order valence-electron chi connectivity index (χ3n) is 10.1. The number of likely N-dealkylation sites (tertiary alicyclic amines) is 1. The van der Waals surface area contributed by atoms with Gasteiger partial charge in [0.2, 0.25) is 11.8 Å². The van der Waals surface area contributed by atoms with Gasteiger partial charge in [-0.1, -0.05) is 60.7 Å². The van der Waals surface area contributed by atoms with Crippen LogP contribution < -0.4 is 14.4 Å². The summed E-state index contributed by atoms with van der Waals surface area (Å²) in [5, 5.41) is 5.89. The van der Waals surface area contributed by atoms with E-state index in [2.05, 4.69) is 17.0 Å². The van der Waals surface area contributed by atoms with Gasteiger partial charge in [-0.25, -0.2) is 14.5 Å². The number of piperidine rings is 2. The Morgan fingerprint density at radius 1 is 0.750 bits per heavy atom. The predicted molar refractivity (Wildman–Crippen MR) is 203 cm³/mol. The average molecular weight is 703 g/mol. The third-order valence-corrected chi connectivity index (χ3v) is 10.1. The minimum absolute atomic E-state index is 0.181. The molecule has 0 atom stereocenters. The van der Waals surface area contributed by atoms with E-state index in [1.165, 1.54) is 6.42 Å². The number of carbonyl (C=O) groups excluding carboxylic acids is 1. The van der Waals surface area contributed by atoms with Gasteiger partial charge in [0.25, 0.3) is 0 Å². The minimum atomic E-state index is -0.454. The van der Waals surface area contributed by atoms with Crippen LogP contribution in [0.5, 0.6) is 11.8 Å². The normalized spacial score (nSPS) is 15.9. The van der Waals surface area contributed by atoms with Crippen molar-refractivity contribution < 1.29 is 19.0 Å². The molecule has 0 unspecified atom stereocenters. The van der Waals surface area contributed by atoms with E-state index in [0.717, 1.165) is 91.1 Å².